The van der Waals surface area contributed by atoms with Crippen molar-refractivity contribution in [3.05, 3.63) is 67.1 Å². The Bertz CT molecular complexity index is 839. The first-order chi connectivity index (χ1) is 11.7. The molecule has 3 rings (SSSR count). The molecule has 2 N–H and O–H groups in total. The number of carbonyl (C=O) groups is 1. The van der Waals surface area contributed by atoms with Crippen molar-refractivity contribution in [2.75, 3.05) is 10.0 Å². The second-order valence-corrected chi connectivity index (χ2v) is 5.97. The predicted molar refractivity (Wildman–Crippen MR) is 97.7 cm³/mol. The SMILES string of the molecule is CC(=O)Nc1cc(-c2cncc(SNc3ccccc3)c2)ccn1. The third kappa shape index (κ3) is 4.33. The lowest BCUT2D eigenvalue weighted by Gasteiger charge is -2.08. The number of anilines is 2. The van der Waals surface area contributed by atoms with Crippen molar-refractivity contribution in [1.29, 1.82) is 0 Å². The molecule has 24 heavy (non-hydrogen) atoms. The molecule has 1 amide bonds. The van der Waals surface area contributed by atoms with Crippen molar-refractivity contribution in [1.82, 2.24) is 9.97 Å². The zero-order valence-corrected chi connectivity index (χ0v) is 13.9. The van der Waals surface area contributed by atoms with E-state index < -0.39 is 0 Å². The van der Waals surface area contributed by atoms with Gasteiger partial charge in [-0.05, 0) is 47.8 Å². The molecule has 3 aromatic rings. The van der Waals surface area contributed by atoms with Gasteiger partial charge in [-0.2, -0.15) is 0 Å². The molecule has 6 heteroatoms. The summed E-state index contributed by atoms with van der Waals surface area (Å²) in [6.07, 6.45) is 5.27. The highest BCUT2D eigenvalue weighted by molar-refractivity contribution is 8.00. The quantitative estimate of drug-likeness (QED) is 0.683. The number of hydrogen-bond donors (Lipinski definition) is 2. The van der Waals surface area contributed by atoms with Crippen LogP contribution in [0, 0.1) is 0 Å². The van der Waals surface area contributed by atoms with Crippen molar-refractivity contribution in [2.24, 2.45) is 0 Å². The summed E-state index contributed by atoms with van der Waals surface area (Å²) < 4.78 is 3.28. The number of amides is 1. The van der Waals surface area contributed by atoms with Gasteiger partial charge in [-0.1, -0.05) is 18.2 Å². The van der Waals surface area contributed by atoms with Gasteiger partial charge in [0.2, 0.25) is 5.91 Å². The number of pyridine rings is 2. The van der Waals surface area contributed by atoms with Gasteiger partial charge in [0.25, 0.3) is 0 Å². The van der Waals surface area contributed by atoms with Gasteiger partial charge in [0.1, 0.15) is 5.82 Å². The lowest BCUT2D eigenvalue weighted by atomic mass is 10.1. The highest BCUT2D eigenvalue weighted by Crippen LogP contribution is 2.26. The molecule has 0 bridgehead atoms. The number of para-hydroxylation sites is 1. The van der Waals surface area contributed by atoms with Gasteiger partial charge in [0, 0.05) is 41.7 Å². The van der Waals surface area contributed by atoms with Gasteiger partial charge < -0.3 is 10.0 Å². The number of benzene rings is 1. The number of carbonyl (C=O) groups excluding carboxylic acids is 1. The summed E-state index contributed by atoms with van der Waals surface area (Å²) in [5.41, 5.74) is 2.94. The fourth-order valence-electron chi connectivity index (χ4n) is 2.12. The van der Waals surface area contributed by atoms with E-state index >= 15 is 0 Å². The Morgan fingerprint density at radius 1 is 1.04 bits per heavy atom. The Morgan fingerprint density at radius 3 is 2.67 bits per heavy atom. The van der Waals surface area contributed by atoms with Crippen LogP contribution >= 0.6 is 11.9 Å². The summed E-state index contributed by atoms with van der Waals surface area (Å²) >= 11 is 1.50. The third-order valence-electron chi connectivity index (χ3n) is 3.17. The Hall–Kier alpha value is -2.86. The van der Waals surface area contributed by atoms with E-state index in [9.17, 15) is 4.79 Å². The molecule has 2 aromatic heterocycles. The zero-order chi connectivity index (χ0) is 16.8. The third-order valence-corrected chi connectivity index (χ3v) is 3.97. The van der Waals surface area contributed by atoms with Gasteiger partial charge >= 0.3 is 0 Å². The first-order valence-electron chi connectivity index (χ1n) is 7.38. The Labute approximate surface area is 144 Å². The van der Waals surface area contributed by atoms with Gasteiger partial charge in [-0.15, -0.1) is 0 Å². The zero-order valence-electron chi connectivity index (χ0n) is 13.1. The van der Waals surface area contributed by atoms with E-state index in [-0.39, 0.29) is 5.91 Å². The maximum atomic E-state index is 11.2. The predicted octanol–water partition coefficient (Wildman–Crippen LogP) is 4.22. The molecule has 0 saturated carbocycles. The summed E-state index contributed by atoms with van der Waals surface area (Å²) in [4.78, 5) is 20.6. The van der Waals surface area contributed by atoms with Crippen LogP contribution < -0.4 is 10.0 Å². The molecule has 2 heterocycles. The number of hydrogen-bond acceptors (Lipinski definition) is 5. The number of nitrogens with zero attached hydrogens (tertiary/aromatic N) is 2. The normalized spacial score (nSPS) is 10.2. The summed E-state index contributed by atoms with van der Waals surface area (Å²) in [5, 5.41) is 2.69. The molecule has 5 nitrogen and oxygen atoms in total. The smallest absolute Gasteiger partial charge is 0.222 e. The van der Waals surface area contributed by atoms with Crippen LogP contribution in [0.2, 0.25) is 0 Å². The van der Waals surface area contributed by atoms with E-state index in [4.69, 9.17) is 0 Å². The first kappa shape index (κ1) is 16.0. The molecule has 0 aliphatic rings. The fraction of sp³-hybridized carbons (Fsp3) is 0.0556. The van der Waals surface area contributed by atoms with Crippen molar-refractivity contribution in [2.45, 2.75) is 11.8 Å². The maximum absolute atomic E-state index is 11.2. The van der Waals surface area contributed by atoms with Crippen LogP contribution in [-0.2, 0) is 4.79 Å². The van der Waals surface area contributed by atoms with Crippen LogP contribution in [0.25, 0.3) is 11.1 Å². The van der Waals surface area contributed by atoms with E-state index in [1.807, 2.05) is 48.5 Å². The fourth-order valence-corrected chi connectivity index (χ4v) is 2.79. The highest BCUT2D eigenvalue weighted by atomic mass is 32.2. The molecule has 120 valence electrons. The molecule has 1 aromatic carbocycles. The van der Waals surface area contributed by atoms with Crippen LogP contribution in [0.3, 0.4) is 0 Å². The van der Waals surface area contributed by atoms with Crippen LogP contribution in [0.5, 0.6) is 0 Å². The van der Waals surface area contributed by atoms with Gasteiger partial charge in [0.15, 0.2) is 0 Å². The van der Waals surface area contributed by atoms with Crippen LogP contribution in [0.1, 0.15) is 6.92 Å². The number of aromatic nitrogens is 2. The van der Waals surface area contributed by atoms with Crippen molar-refractivity contribution in [3.63, 3.8) is 0 Å². The molecular formula is C18H16N4OS. The Kier molecular flexibility index (Phi) is 5.08. The summed E-state index contributed by atoms with van der Waals surface area (Å²) in [6, 6.07) is 15.7. The van der Waals surface area contributed by atoms with E-state index in [2.05, 4.69) is 20.0 Å². The molecule has 0 saturated heterocycles. The Morgan fingerprint density at radius 2 is 1.88 bits per heavy atom. The van der Waals surface area contributed by atoms with Crippen molar-refractivity contribution in [3.8, 4) is 11.1 Å². The molecule has 0 aliphatic carbocycles. The van der Waals surface area contributed by atoms with E-state index in [1.54, 1.807) is 18.6 Å². The molecule has 0 atom stereocenters. The standard InChI is InChI=1S/C18H16N4OS/c1-13(23)21-18-10-14(7-8-20-18)15-9-17(12-19-11-15)24-22-16-5-3-2-4-6-16/h2-12,22H,1H3,(H,20,21,23). The monoisotopic (exact) mass is 336 g/mol. The minimum absolute atomic E-state index is 0.144. The average molecular weight is 336 g/mol. The minimum Gasteiger partial charge on any atom is -0.326 e. The summed E-state index contributed by atoms with van der Waals surface area (Å²) in [6.45, 7) is 1.46. The van der Waals surface area contributed by atoms with Crippen molar-refractivity contribution < 1.29 is 4.79 Å². The topological polar surface area (TPSA) is 66.9 Å². The van der Waals surface area contributed by atoms with Gasteiger partial charge in [-0.25, -0.2) is 4.98 Å². The second kappa shape index (κ2) is 7.61. The lowest BCUT2D eigenvalue weighted by Crippen LogP contribution is -2.07. The largest absolute Gasteiger partial charge is 0.326 e. The second-order valence-electron chi connectivity index (χ2n) is 5.09. The molecule has 0 fully saturated rings. The number of nitrogens with one attached hydrogen (secondary N) is 2. The van der Waals surface area contributed by atoms with Crippen LogP contribution in [-0.4, -0.2) is 15.9 Å². The molecule has 0 radical (unpaired) electrons. The molecule has 0 aliphatic heterocycles. The number of rotatable bonds is 5. The highest BCUT2D eigenvalue weighted by Gasteiger charge is 2.04. The first-order valence-corrected chi connectivity index (χ1v) is 8.19. The summed E-state index contributed by atoms with van der Waals surface area (Å²) in [5.74, 6) is 0.384. The molecule has 0 spiro atoms. The van der Waals surface area contributed by atoms with E-state index in [0.29, 0.717) is 5.82 Å². The van der Waals surface area contributed by atoms with Crippen LogP contribution in [0.15, 0.2) is 72.0 Å². The average Bonchev–Trinajstić information content (AvgIpc) is 2.61. The van der Waals surface area contributed by atoms with Crippen molar-refractivity contribution >= 4 is 29.4 Å². The molecule has 0 unspecified atom stereocenters. The minimum atomic E-state index is -0.144. The maximum Gasteiger partial charge on any atom is 0.222 e. The summed E-state index contributed by atoms with van der Waals surface area (Å²) in [7, 11) is 0. The molecular weight excluding hydrogens is 320 g/mol. The van der Waals surface area contributed by atoms with Crippen LogP contribution in [0.4, 0.5) is 11.5 Å². The lowest BCUT2D eigenvalue weighted by molar-refractivity contribution is -0.114. The van der Waals surface area contributed by atoms with E-state index in [0.717, 1.165) is 21.7 Å². The van der Waals surface area contributed by atoms with Gasteiger partial charge in [-0.3, -0.25) is 9.78 Å². The Balaban J connectivity index is 1.76. The van der Waals surface area contributed by atoms with E-state index in [1.165, 1.54) is 18.9 Å². The van der Waals surface area contributed by atoms with Gasteiger partial charge in [0.05, 0.1) is 0 Å².